The summed E-state index contributed by atoms with van der Waals surface area (Å²) >= 11 is 0. The monoisotopic (exact) mass is 350 g/mol. The van der Waals surface area contributed by atoms with Crippen molar-refractivity contribution in [2.24, 2.45) is 0 Å². The summed E-state index contributed by atoms with van der Waals surface area (Å²) in [5.74, 6) is -1.42. The van der Waals surface area contributed by atoms with Crippen molar-refractivity contribution in [3.05, 3.63) is 77.6 Å². The third-order valence-corrected chi connectivity index (χ3v) is 3.74. The molecule has 6 heteroatoms. The van der Waals surface area contributed by atoms with E-state index in [4.69, 9.17) is 4.74 Å². The van der Waals surface area contributed by atoms with Crippen molar-refractivity contribution in [3.8, 4) is 0 Å². The Morgan fingerprint density at radius 2 is 1.96 bits per heavy atom. The van der Waals surface area contributed by atoms with Crippen LogP contribution in [-0.2, 0) is 9.53 Å². The Labute approximate surface area is 143 Å². The van der Waals surface area contributed by atoms with Gasteiger partial charge in [0, 0.05) is 17.6 Å². The van der Waals surface area contributed by atoms with Crippen LogP contribution in [0.15, 0.2) is 72.0 Å². The standard InChI is InChI=1S/C19H17F3O3/c1-3-7-14-10-15(18(23)24)11-16(19(20,21)22)25-17(14)12(2)13-8-5-4-6-9-13/h3-10,16H,1,11H2,2H3,(H,23,24)/b14-7-,17-12-. The number of carboxylic acids is 1. The summed E-state index contributed by atoms with van der Waals surface area (Å²) in [4.78, 5) is 11.3. The average molecular weight is 350 g/mol. The van der Waals surface area contributed by atoms with E-state index in [1.807, 2.05) is 0 Å². The first kappa shape index (κ1) is 18.6. The van der Waals surface area contributed by atoms with Gasteiger partial charge in [-0.3, -0.25) is 0 Å². The number of carbonyl (C=O) groups is 1. The van der Waals surface area contributed by atoms with Gasteiger partial charge in [-0.15, -0.1) is 0 Å². The fourth-order valence-corrected chi connectivity index (χ4v) is 2.47. The van der Waals surface area contributed by atoms with Crippen LogP contribution in [0.2, 0.25) is 0 Å². The van der Waals surface area contributed by atoms with Gasteiger partial charge in [-0.2, -0.15) is 13.2 Å². The Morgan fingerprint density at radius 3 is 2.48 bits per heavy atom. The van der Waals surface area contributed by atoms with Crippen LogP contribution in [-0.4, -0.2) is 23.4 Å². The molecule has 0 aliphatic carbocycles. The zero-order chi connectivity index (χ0) is 18.6. The van der Waals surface area contributed by atoms with Crippen molar-refractivity contribution in [3.63, 3.8) is 0 Å². The van der Waals surface area contributed by atoms with Gasteiger partial charge in [-0.1, -0.05) is 49.1 Å². The topological polar surface area (TPSA) is 46.5 Å². The molecular formula is C19H17F3O3. The molecule has 0 saturated carbocycles. The molecule has 1 heterocycles. The Morgan fingerprint density at radius 1 is 1.32 bits per heavy atom. The molecule has 1 aromatic rings. The molecule has 1 aliphatic heterocycles. The van der Waals surface area contributed by atoms with Gasteiger partial charge in [-0.05, 0) is 24.1 Å². The first-order valence-electron chi connectivity index (χ1n) is 7.50. The highest BCUT2D eigenvalue weighted by molar-refractivity contribution is 5.88. The molecule has 0 aromatic heterocycles. The van der Waals surface area contributed by atoms with Crippen LogP contribution in [0.3, 0.4) is 0 Å². The minimum absolute atomic E-state index is 0.00956. The van der Waals surface area contributed by atoms with Crippen LogP contribution in [0.5, 0.6) is 0 Å². The van der Waals surface area contributed by atoms with Crippen LogP contribution < -0.4 is 0 Å². The minimum Gasteiger partial charge on any atom is -0.480 e. The number of hydrogen-bond donors (Lipinski definition) is 1. The molecule has 132 valence electrons. The molecule has 1 N–H and O–H groups in total. The second-order valence-corrected chi connectivity index (χ2v) is 5.50. The molecule has 0 bridgehead atoms. The molecule has 0 fully saturated rings. The van der Waals surface area contributed by atoms with Gasteiger partial charge in [0.05, 0.1) is 0 Å². The molecule has 0 spiro atoms. The molecule has 1 unspecified atom stereocenters. The van der Waals surface area contributed by atoms with Crippen molar-refractivity contribution in [2.75, 3.05) is 0 Å². The maximum absolute atomic E-state index is 13.3. The predicted molar refractivity (Wildman–Crippen MR) is 88.6 cm³/mol. The molecule has 2 rings (SSSR count). The van der Waals surface area contributed by atoms with Crippen molar-refractivity contribution in [1.29, 1.82) is 0 Å². The fraction of sp³-hybridized carbons (Fsp3) is 0.211. The lowest BCUT2D eigenvalue weighted by Crippen LogP contribution is -2.32. The minimum atomic E-state index is -4.69. The number of ether oxygens (including phenoxy) is 1. The summed E-state index contributed by atoms with van der Waals surface area (Å²) in [5, 5.41) is 9.21. The Bertz CT molecular complexity index is 756. The van der Waals surface area contributed by atoms with Crippen LogP contribution in [0.4, 0.5) is 13.2 Å². The summed E-state index contributed by atoms with van der Waals surface area (Å²) in [6, 6.07) is 8.79. The number of aliphatic carboxylic acids is 1. The summed E-state index contributed by atoms with van der Waals surface area (Å²) in [5.41, 5.74) is 1.03. The highest BCUT2D eigenvalue weighted by Gasteiger charge is 2.44. The number of carboxylic acid groups (broad SMARTS) is 1. The number of alkyl halides is 3. The van der Waals surface area contributed by atoms with Crippen molar-refractivity contribution in [2.45, 2.75) is 25.6 Å². The third kappa shape index (κ3) is 4.41. The normalized spacial score (nSPS) is 21.8. The van der Waals surface area contributed by atoms with E-state index in [1.165, 1.54) is 18.2 Å². The number of rotatable bonds is 3. The number of halogens is 3. The van der Waals surface area contributed by atoms with E-state index in [0.717, 1.165) is 0 Å². The van der Waals surface area contributed by atoms with E-state index < -0.39 is 24.7 Å². The van der Waals surface area contributed by atoms with Gasteiger partial charge in [0.25, 0.3) is 0 Å². The van der Waals surface area contributed by atoms with Gasteiger partial charge in [0.15, 0.2) is 6.10 Å². The molecule has 0 amide bonds. The Hall–Kier alpha value is -2.76. The highest BCUT2D eigenvalue weighted by Crippen LogP contribution is 2.37. The Kier molecular flexibility index (Phi) is 5.51. The van der Waals surface area contributed by atoms with E-state index >= 15 is 0 Å². The number of hydrogen-bond acceptors (Lipinski definition) is 2. The molecule has 1 atom stereocenters. The van der Waals surface area contributed by atoms with E-state index in [-0.39, 0.29) is 16.9 Å². The quantitative estimate of drug-likeness (QED) is 0.844. The highest BCUT2D eigenvalue weighted by atomic mass is 19.4. The molecule has 0 radical (unpaired) electrons. The molecular weight excluding hydrogens is 333 g/mol. The largest absolute Gasteiger partial charge is 0.480 e. The van der Waals surface area contributed by atoms with E-state index in [1.54, 1.807) is 37.3 Å². The molecule has 1 aromatic carbocycles. The lowest BCUT2D eigenvalue weighted by molar-refractivity contribution is -0.207. The van der Waals surface area contributed by atoms with Crippen molar-refractivity contribution < 1.29 is 27.8 Å². The van der Waals surface area contributed by atoms with E-state index in [9.17, 15) is 23.1 Å². The van der Waals surface area contributed by atoms with Crippen LogP contribution in [0, 0.1) is 0 Å². The van der Waals surface area contributed by atoms with Gasteiger partial charge in [-0.25, -0.2) is 4.79 Å². The maximum atomic E-state index is 13.3. The first-order valence-corrected chi connectivity index (χ1v) is 7.50. The second-order valence-electron chi connectivity index (χ2n) is 5.50. The third-order valence-electron chi connectivity index (χ3n) is 3.74. The van der Waals surface area contributed by atoms with Gasteiger partial charge in [0.2, 0.25) is 0 Å². The average Bonchev–Trinajstić information content (AvgIpc) is 2.75. The van der Waals surface area contributed by atoms with Crippen LogP contribution in [0.1, 0.15) is 18.9 Å². The van der Waals surface area contributed by atoms with Gasteiger partial charge in [0.1, 0.15) is 5.76 Å². The zero-order valence-electron chi connectivity index (χ0n) is 13.5. The number of benzene rings is 1. The molecule has 0 saturated heterocycles. The SMILES string of the molecule is C=C/C=C1/C=C(C(=O)O)CC(C(F)(F)F)O/C1=C(/C)c1ccccc1. The summed E-state index contributed by atoms with van der Waals surface area (Å²) < 4.78 is 45.2. The van der Waals surface area contributed by atoms with Crippen LogP contribution >= 0.6 is 0 Å². The van der Waals surface area contributed by atoms with E-state index in [2.05, 4.69) is 6.58 Å². The van der Waals surface area contributed by atoms with Crippen LogP contribution in [0.25, 0.3) is 5.57 Å². The van der Waals surface area contributed by atoms with Gasteiger partial charge < -0.3 is 9.84 Å². The lowest BCUT2D eigenvalue weighted by Gasteiger charge is -2.23. The molecule has 25 heavy (non-hydrogen) atoms. The summed E-state index contributed by atoms with van der Waals surface area (Å²) in [6.45, 7) is 5.17. The smallest absolute Gasteiger partial charge is 0.425 e. The lowest BCUT2D eigenvalue weighted by atomic mass is 10.0. The summed E-state index contributed by atoms with van der Waals surface area (Å²) in [7, 11) is 0. The number of allylic oxidation sites excluding steroid dienone is 4. The zero-order valence-corrected chi connectivity index (χ0v) is 13.5. The maximum Gasteiger partial charge on any atom is 0.425 e. The predicted octanol–water partition coefficient (Wildman–Crippen LogP) is 4.89. The van der Waals surface area contributed by atoms with Gasteiger partial charge >= 0.3 is 12.1 Å². The van der Waals surface area contributed by atoms with E-state index in [0.29, 0.717) is 11.1 Å². The first-order chi connectivity index (χ1) is 11.7. The fourth-order valence-electron chi connectivity index (χ4n) is 2.47. The van der Waals surface area contributed by atoms with Crippen molar-refractivity contribution in [1.82, 2.24) is 0 Å². The molecule has 1 aliphatic rings. The second kappa shape index (κ2) is 7.42. The molecule has 3 nitrogen and oxygen atoms in total. The summed E-state index contributed by atoms with van der Waals surface area (Å²) in [6.07, 6.45) is -3.68. The van der Waals surface area contributed by atoms with Crippen molar-refractivity contribution >= 4 is 11.5 Å². The Balaban J connectivity index is 2.67.